The van der Waals surface area contributed by atoms with Crippen molar-refractivity contribution in [3.8, 4) is 0 Å². The Morgan fingerprint density at radius 1 is 1.33 bits per heavy atom. The van der Waals surface area contributed by atoms with Crippen molar-refractivity contribution in [2.24, 2.45) is 0 Å². The van der Waals surface area contributed by atoms with E-state index in [1.807, 2.05) is 0 Å². The zero-order valence-electron chi connectivity index (χ0n) is 9.44. The van der Waals surface area contributed by atoms with Gasteiger partial charge in [-0.05, 0) is 17.7 Å². The molecule has 4 nitrogen and oxygen atoms in total. The fourth-order valence-electron chi connectivity index (χ4n) is 1.50. The minimum absolute atomic E-state index is 0.109. The van der Waals surface area contributed by atoms with E-state index in [0.29, 0.717) is 12.4 Å². The molecule has 0 aliphatic rings. The molecule has 0 unspecified atom stereocenters. The third-order valence-electron chi connectivity index (χ3n) is 2.35. The Bertz CT molecular complexity index is 539. The maximum absolute atomic E-state index is 12.8. The minimum Gasteiger partial charge on any atom is -0.310 e. The second kappa shape index (κ2) is 5.64. The summed E-state index contributed by atoms with van der Waals surface area (Å²) in [7, 11) is 0. The molecule has 2 aromatic rings. The highest BCUT2D eigenvalue weighted by atomic mass is 35.5. The van der Waals surface area contributed by atoms with Crippen molar-refractivity contribution in [2.75, 3.05) is 11.2 Å². The Morgan fingerprint density at radius 3 is 2.72 bits per heavy atom. The summed E-state index contributed by atoms with van der Waals surface area (Å²) in [6.07, 6.45) is 1.58. The van der Waals surface area contributed by atoms with Crippen LogP contribution in [0.4, 0.5) is 10.2 Å². The number of amides is 1. The van der Waals surface area contributed by atoms with E-state index in [1.165, 1.54) is 12.1 Å². The lowest BCUT2D eigenvalue weighted by Crippen LogP contribution is -2.16. The van der Waals surface area contributed by atoms with Gasteiger partial charge in [-0.2, -0.15) is 5.10 Å². The van der Waals surface area contributed by atoms with Crippen molar-refractivity contribution in [1.29, 1.82) is 0 Å². The van der Waals surface area contributed by atoms with Crippen LogP contribution in [-0.4, -0.2) is 21.6 Å². The number of aromatic nitrogens is 2. The third kappa shape index (κ3) is 3.07. The largest absolute Gasteiger partial charge is 0.310 e. The van der Waals surface area contributed by atoms with Crippen LogP contribution in [0.3, 0.4) is 0 Å². The van der Waals surface area contributed by atoms with Crippen LogP contribution in [-0.2, 0) is 11.3 Å². The van der Waals surface area contributed by atoms with E-state index in [9.17, 15) is 9.18 Å². The molecular formula is C12H11ClFN3O. The zero-order valence-corrected chi connectivity index (χ0v) is 10.2. The maximum atomic E-state index is 12.8. The Hall–Kier alpha value is -1.88. The SMILES string of the molecule is O=C(CCl)Nc1ccnn1Cc1ccc(F)cc1. The van der Waals surface area contributed by atoms with E-state index in [1.54, 1.807) is 29.1 Å². The summed E-state index contributed by atoms with van der Waals surface area (Å²) in [4.78, 5) is 11.2. The first-order chi connectivity index (χ1) is 8.69. The van der Waals surface area contributed by atoms with E-state index < -0.39 is 0 Å². The average Bonchev–Trinajstić information content (AvgIpc) is 2.79. The van der Waals surface area contributed by atoms with Gasteiger partial charge in [0.05, 0.1) is 12.7 Å². The molecular weight excluding hydrogens is 257 g/mol. The first-order valence-corrected chi connectivity index (χ1v) is 5.84. The number of hydrogen-bond donors (Lipinski definition) is 1. The van der Waals surface area contributed by atoms with Gasteiger partial charge in [0, 0.05) is 6.07 Å². The molecule has 0 fully saturated rings. The van der Waals surface area contributed by atoms with E-state index in [0.717, 1.165) is 5.56 Å². The summed E-state index contributed by atoms with van der Waals surface area (Å²) in [6.45, 7) is 0.450. The van der Waals surface area contributed by atoms with Crippen LogP contribution < -0.4 is 5.32 Å². The van der Waals surface area contributed by atoms with Gasteiger partial charge in [-0.3, -0.25) is 4.79 Å². The van der Waals surface area contributed by atoms with E-state index >= 15 is 0 Å². The summed E-state index contributed by atoms with van der Waals surface area (Å²) in [5.74, 6) is -0.126. The summed E-state index contributed by atoms with van der Waals surface area (Å²) >= 11 is 5.42. The molecule has 94 valence electrons. The van der Waals surface area contributed by atoms with Crippen LogP contribution >= 0.6 is 11.6 Å². The van der Waals surface area contributed by atoms with Gasteiger partial charge in [0.2, 0.25) is 5.91 Å². The fourth-order valence-corrected chi connectivity index (χ4v) is 1.57. The molecule has 0 atom stereocenters. The van der Waals surface area contributed by atoms with Gasteiger partial charge in [0.25, 0.3) is 0 Å². The van der Waals surface area contributed by atoms with Crippen molar-refractivity contribution in [3.05, 3.63) is 47.9 Å². The lowest BCUT2D eigenvalue weighted by Gasteiger charge is -2.08. The second-order valence-electron chi connectivity index (χ2n) is 3.68. The van der Waals surface area contributed by atoms with Crippen molar-refractivity contribution in [3.63, 3.8) is 0 Å². The normalized spacial score (nSPS) is 10.3. The van der Waals surface area contributed by atoms with Crippen molar-refractivity contribution in [1.82, 2.24) is 9.78 Å². The van der Waals surface area contributed by atoms with Gasteiger partial charge in [-0.25, -0.2) is 9.07 Å². The van der Waals surface area contributed by atoms with E-state index in [2.05, 4.69) is 10.4 Å². The van der Waals surface area contributed by atoms with Gasteiger partial charge < -0.3 is 5.32 Å². The Morgan fingerprint density at radius 2 is 2.06 bits per heavy atom. The Balaban J connectivity index is 2.12. The maximum Gasteiger partial charge on any atom is 0.240 e. The summed E-state index contributed by atoms with van der Waals surface area (Å²) < 4.78 is 14.4. The lowest BCUT2D eigenvalue weighted by atomic mass is 10.2. The van der Waals surface area contributed by atoms with Gasteiger partial charge in [0.15, 0.2) is 0 Å². The molecule has 1 N–H and O–H groups in total. The van der Waals surface area contributed by atoms with Crippen LogP contribution in [0.2, 0.25) is 0 Å². The van der Waals surface area contributed by atoms with Crippen molar-refractivity contribution < 1.29 is 9.18 Å². The molecule has 1 amide bonds. The number of carbonyl (C=O) groups is 1. The first kappa shape index (κ1) is 12.6. The van der Waals surface area contributed by atoms with Crippen LogP contribution in [0.1, 0.15) is 5.56 Å². The van der Waals surface area contributed by atoms with Gasteiger partial charge in [0.1, 0.15) is 17.5 Å². The molecule has 0 aliphatic carbocycles. The predicted octanol–water partition coefficient (Wildman–Crippen LogP) is 2.25. The third-order valence-corrected chi connectivity index (χ3v) is 2.59. The molecule has 0 bridgehead atoms. The molecule has 1 aromatic heterocycles. The summed E-state index contributed by atoms with van der Waals surface area (Å²) in [6, 6.07) is 7.79. The number of anilines is 1. The Kier molecular flexibility index (Phi) is 3.94. The highest BCUT2D eigenvalue weighted by Crippen LogP contribution is 2.11. The molecule has 0 aliphatic heterocycles. The van der Waals surface area contributed by atoms with E-state index in [4.69, 9.17) is 11.6 Å². The molecule has 0 saturated carbocycles. The first-order valence-electron chi connectivity index (χ1n) is 5.31. The zero-order chi connectivity index (χ0) is 13.0. The van der Waals surface area contributed by atoms with Crippen LogP contribution in [0, 0.1) is 5.82 Å². The molecule has 18 heavy (non-hydrogen) atoms. The number of nitrogens with one attached hydrogen (secondary N) is 1. The number of carbonyl (C=O) groups excluding carboxylic acids is 1. The lowest BCUT2D eigenvalue weighted by molar-refractivity contribution is -0.114. The molecule has 1 aromatic carbocycles. The van der Waals surface area contributed by atoms with Crippen molar-refractivity contribution >= 4 is 23.3 Å². The highest BCUT2D eigenvalue weighted by Gasteiger charge is 2.06. The highest BCUT2D eigenvalue weighted by molar-refractivity contribution is 6.29. The number of halogens is 2. The summed E-state index contributed by atoms with van der Waals surface area (Å²) in [5.41, 5.74) is 0.890. The molecule has 2 rings (SSSR count). The quantitative estimate of drug-likeness (QED) is 0.864. The van der Waals surface area contributed by atoms with Crippen molar-refractivity contribution in [2.45, 2.75) is 6.54 Å². The number of benzene rings is 1. The molecule has 0 saturated heterocycles. The molecule has 1 heterocycles. The van der Waals surface area contributed by atoms with Gasteiger partial charge in [-0.1, -0.05) is 12.1 Å². The monoisotopic (exact) mass is 267 g/mol. The number of alkyl halides is 1. The van der Waals surface area contributed by atoms with Gasteiger partial charge in [-0.15, -0.1) is 11.6 Å². The van der Waals surface area contributed by atoms with E-state index in [-0.39, 0.29) is 17.6 Å². The topological polar surface area (TPSA) is 46.9 Å². The second-order valence-corrected chi connectivity index (χ2v) is 3.95. The van der Waals surface area contributed by atoms with Crippen LogP contribution in [0.5, 0.6) is 0 Å². The Labute approximate surface area is 108 Å². The minimum atomic E-state index is -0.294. The average molecular weight is 268 g/mol. The van der Waals surface area contributed by atoms with Crippen LogP contribution in [0.15, 0.2) is 36.5 Å². The molecule has 0 radical (unpaired) electrons. The van der Waals surface area contributed by atoms with Crippen LogP contribution in [0.25, 0.3) is 0 Å². The molecule has 6 heteroatoms. The molecule has 0 spiro atoms. The van der Waals surface area contributed by atoms with Gasteiger partial charge >= 0.3 is 0 Å². The number of rotatable bonds is 4. The summed E-state index contributed by atoms with van der Waals surface area (Å²) in [5, 5.41) is 6.71. The number of hydrogen-bond acceptors (Lipinski definition) is 2. The predicted molar refractivity (Wildman–Crippen MR) is 67.1 cm³/mol. The smallest absolute Gasteiger partial charge is 0.240 e. The standard InChI is InChI=1S/C12H11ClFN3O/c13-7-12(18)16-11-5-6-15-17(11)8-9-1-3-10(14)4-2-9/h1-6H,7-8H2,(H,16,18). The fraction of sp³-hybridized carbons (Fsp3) is 0.167. The number of nitrogens with zero attached hydrogens (tertiary/aromatic N) is 2.